The molecule has 38 heavy (non-hydrogen) atoms. The van der Waals surface area contributed by atoms with Crippen LogP contribution in [0.3, 0.4) is 0 Å². The van der Waals surface area contributed by atoms with Crippen LogP contribution in [0.25, 0.3) is 24.3 Å². The summed E-state index contributed by atoms with van der Waals surface area (Å²) in [7, 11) is 0. The van der Waals surface area contributed by atoms with Gasteiger partial charge in [-0.1, -0.05) is 90.5 Å². The average molecular weight is 496 g/mol. The maximum absolute atomic E-state index is 9.70. The molecule has 0 aliphatic heterocycles. The first-order chi connectivity index (χ1) is 18.5. The van der Waals surface area contributed by atoms with Gasteiger partial charge in [-0.3, -0.25) is 0 Å². The van der Waals surface area contributed by atoms with Crippen molar-refractivity contribution in [2.24, 2.45) is 0 Å². The van der Waals surface area contributed by atoms with E-state index in [2.05, 4.69) is 84.6 Å². The minimum absolute atomic E-state index is 0.261. The van der Waals surface area contributed by atoms with Crippen molar-refractivity contribution in [3.05, 3.63) is 149 Å². The lowest BCUT2D eigenvalue weighted by Gasteiger charge is -2.26. The summed E-state index contributed by atoms with van der Waals surface area (Å²) in [5.74, 6) is 0.522. The van der Waals surface area contributed by atoms with Gasteiger partial charge < -0.3 is 15.1 Å². The fourth-order valence-electron chi connectivity index (χ4n) is 4.25. The van der Waals surface area contributed by atoms with Gasteiger partial charge in [-0.25, -0.2) is 0 Å². The molecule has 0 saturated carbocycles. The molecule has 5 aromatic carbocycles. The number of hydrogen-bond acceptors (Lipinski definition) is 3. The first-order valence-electron chi connectivity index (χ1n) is 12.5. The summed E-state index contributed by atoms with van der Waals surface area (Å²) in [4.78, 5) is 2.24. The van der Waals surface area contributed by atoms with E-state index in [0.29, 0.717) is 0 Å². The van der Waals surface area contributed by atoms with Crippen LogP contribution in [0, 0.1) is 6.92 Å². The molecule has 0 aromatic heterocycles. The second-order valence-corrected chi connectivity index (χ2v) is 9.21. The zero-order valence-corrected chi connectivity index (χ0v) is 21.2. The summed E-state index contributed by atoms with van der Waals surface area (Å²) in [6.45, 7) is 2.09. The van der Waals surface area contributed by atoms with Crippen molar-refractivity contribution >= 4 is 41.4 Å². The van der Waals surface area contributed by atoms with E-state index in [0.717, 1.165) is 39.3 Å². The number of anilines is 3. The van der Waals surface area contributed by atoms with Crippen LogP contribution in [0.5, 0.6) is 11.5 Å². The van der Waals surface area contributed by atoms with Crippen molar-refractivity contribution in [2.75, 3.05) is 4.90 Å². The van der Waals surface area contributed by atoms with Gasteiger partial charge in [0.15, 0.2) is 0 Å². The smallest absolute Gasteiger partial charge is 0.116 e. The Balaban J connectivity index is 1.41. The minimum atomic E-state index is 0.261. The summed E-state index contributed by atoms with van der Waals surface area (Å²) in [5, 5.41) is 19.4. The number of benzene rings is 5. The summed E-state index contributed by atoms with van der Waals surface area (Å²) in [6, 6.07) is 39.9. The van der Waals surface area contributed by atoms with E-state index in [1.807, 2.05) is 48.6 Å². The number of phenolic OH excluding ortho intramolecular Hbond substituents is 2. The molecule has 0 amide bonds. The van der Waals surface area contributed by atoms with E-state index < -0.39 is 0 Å². The Morgan fingerprint density at radius 1 is 0.447 bits per heavy atom. The second-order valence-electron chi connectivity index (χ2n) is 9.21. The van der Waals surface area contributed by atoms with Crippen molar-refractivity contribution in [1.29, 1.82) is 0 Å². The molecule has 0 aliphatic rings. The standard InChI is InChI=1S/C35H29NO2/c1-26-8-18-31(19-9-26)36(32-20-14-27(15-21-32)10-12-29-4-2-6-34(37)24-29)33-22-16-28(17-23-33)11-13-30-5-3-7-35(38)25-30/h2-25,37-38H,1H3/b12-10-,13-11+. The Labute approximate surface area is 223 Å². The lowest BCUT2D eigenvalue weighted by Crippen LogP contribution is -2.09. The predicted octanol–water partition coefficient (Wildman–Crippen LogP) is 9.22. The summed E-state index contributed by atoms with van der Waals surface area (Å²) < 4.78 is 0. The third-order valence-corrected chi connectivity index (χ3v) is 6.27. The molecule has 0 radical (unpaired) electrons. The lowest BCUT2D eigenvalue weighted by molar-refractivity contribution is 0.474. The van der Waals surface area contributed by atoms with Gasteiger partial charge in [0.1, 0.15) is 11.5 Å². The molecule has 2 N–H and O–H groups in total. The molecular weight excluding hydrogens is 466 g/mol. The number of nitrogens with zero attached hydrogens (tertiary/aromatic N) is 1. The second kappa shape index (κ2) is 11.4. The zero-order chi connectivity index (χ0) is 26.3. The number of aryl methyl sites for hydroxylation is 1. The van der Waals surface area contributed by atoms with Crippen LogP contribution in [0.2, 0.25) is 0 Å². The molecule has 186 valence electrons. The largest absolute Gasteiger partial charge is 0.508 e. The summed E-state index contributed by atoms with van der Waals surface area (Å²) in [6.07, 6.45) is 8.08. The van der Waals surface area contributed by atoms with Gasteiger partial charge in [-0.2, -0.15) is 0 Å². The van der Waals surface area contributed by atoms with Crippen LogP contribution >= 0.6 is 0 Å². The maximum atomic E-state index is 9.70. The molecule has 3 heteroatoms. The molecule has 0 fully saturated rings. The average Bonchev–Trinajstić information content (AvgIpc) is 2.93. The first-order valence-corrected chi connectivity index (χ1v) is 12.5. The van der Waals surface area contributed by atoms with E-state index >= 15 is 0 Å². The molecule has 0 saturated heterocycles. The highest BCUT2D eigenvalue weighted by molar-refractivity contribution is 5.79. The van der Waals surface area contributed by atoms with Gasteiger partial charge in [0.05, 0.1) is 0 Å². The Morgan fingerprint density at radius 2 is 0.816 bits per heavy atom. The van der Waals surface area contributed by atoms with E-state index in [1.165, 1.54) is 5.56 Å². The van der Waals surface area contributed by atoms with Crippen LogP contribution in [0.4, 0.5) is 17.1 Å². The topological polar surface area (TPSA) is 43.7 Å². The fraction of sp³-hybridized carbons (Fsp3) is 0.0286. The van der Waals surface area contributed by atoms with Crippen LogP contribution in [0.15, 0.2) is 121 Å². The van der Waals surface area contributed by atoms with E-state index in [9.17, 15) is 10.2 Å². The highest BCUT2D eigenvalue weighted by atomic mass is 16.3. The number of aromatic hydroxyl groups is 2. The van der Waals surface area contributed by atoms with Gasteiger partial charge >= 0.3 is 0 Å². The Hall–Kier alpha value is -5.02. The van der Waals surface area contributed by atoms with Gasteiger partial charge in [0.2, 0.25) is 0 Å². The quantitative estimate of drug-likeness (QED) is 0.221. The van der Waals surface area contributed by atoms with Crippen molar-refractivity contribution in [1.82, 2.24) is 0 Å². The predicted molar refractivity (Wildman–Crippen MR) is 160 cm³/mol. The fourth-order valence-corrected chi connectivity index (χ4v) is 4.25. The Kier molecular flexibility index (Phi) is 7.37. The van der Waals surface area contributed by atoms with Crippen molar-refractivity contribution in [3.63, 3.8) is 0 Å². The summed E-state index contributed by atoms with van der Waals surface area (Å²) >= 11 is 0. The highest BCUT2D eigenvalue weighted by Gasteiger charge is 2.12. The lowest BCUT2D eigenvalue weighted by atomic mass is 10.1. The van der Waals surface area contributed by atoms with Crippen LogP contribution in [-0.4, -0.2) is 10.2 Å². The number of hydrogen-bond donors (Lipinski definition) is 2. The number of phenols is 2. The van der Waals surface area contributed by atoms with Gasteiger partial charge in [0, 0.05) is 17.1 Å². The third kappa shape index (κ3) is 6.21. The Bertz CT molecular complexity index is 1470. The maximum Gasteiger partial charge on any atom is 0.116 e. The molecule has 0 atom stereocenters. The van der Waals surface area contributed by atoms with Crippen molar-refractivity contribution in [3.8, 4) is 11.5 Å². The van der Waals surface area contributed by atoms with E-state index in [-0.39, 0.29) is 11.5 Å². The van der Waals surface area contributed by atoms with Crippen LogP contribution in [0.1, 0.15) is 27.8 Å². The van der Waals surface area contributed by atoms with Gasteiger partial charge in [-0.15, -0.1) is 0 Å². The molecular formula is C35H29NO2. The Morgan fingerprint density at radius 3 is 1.21 bits per heavy atom. The van der Waals surface area contributed by atoms with E-state index in [1.54, 1.807) is 24.3 Å². The van der Waals surface area contributed by atoms with Gasteiger partial charge in [-0.05, 0) is 89.8 Å². The molecule has 5 aromatic rings. The molecule has 3 nitrogen and oxygen atoms in total. The molecule has 0 aliphatic carbocycles. The summed E-state index contributed by atoms with van der Waals surface area (Å²) in [5.41, 5.74) is 8.48. The minimum Gasteiger partial charge on any atom is -0.508 e. The van der Waals surface area contributed by atoms with Crippen LogP contribution < -0.4 is 4.90 Å². The van der Waals surface area contributed by atoms with Crippen molar-refractivity contribution < 1.29 is 10.2 Å². The first kappa shape index (κ1) is 24.7. The third-order valence-electron chi connectivity index (χ3n) is 6.27. The molecule has 5 rings (SSSR count). The molecule has 0 unspecified atom stereocenters. The van der Waals surface area contributed by atoms with Gasteiger partial charge in [0.25, 0.3) is 0 Å². The highest BCUT2D eigenvalue weighted by Crippen LogP contribution is 2.35. The molecule has 0 bridgehead atoms. The van der Waals surface area contributed by atoms with Crippen molar-refractivity contribution in [2.45, 2.75) is 6.92 Å². The number of rotatable bonds is 7. The van der Waals surface area contributed by atoms with Crippen LogP contribution in [-0.2, 0) is 0 Å². The molecule has 0 spiro atoms. The SMILES string of the molecule is Cc1ccc(N(c2ccc(/C=C\c3cccc(O)c3)cc2)c2ccc(/C=C/c3cccc(O)c3)cc2)cc1. The zero-order valence-electron chi connectivity index (χ0n) is 21.2. The normalized spacial score (nSPS) is 11.3. The van der Waals surface area contributed by atoms with E-state index in [4.69, 9.17) is 0 Å². The monoisotopic (exact) mass is 495 g/mol. The molecule has 0 heterocycles.